The van der Waals surface area contributed by atoms with Gasteiger partial charge < -0.3 is 19.7 Å². The highest BCUT2D eigenvalue weighted by Crippen LogP contribution is 2.27. The third-order valence-corrected chi connectivity index (χ3v) is 6.08. The third-order valence-electron chi connectivity index (χ3n) is 6.08. The molecular weight excluding hydrogens is 465 g/mol. The summed E-state index contributed by atoms with van der Waals surface area (Å²) >= 11 is 0. The molecule has 1 aliphatic heterocycles. The highest BCUT2D eigenvalue weighted by Gasteiger charge is 2.31. The van der Waals surface area contributed by atoms with Gasteiger partial charge in [0.05, 0.1) is 18.3 Å². The summed E-state index contributed by atoms with van der Waals surface area (Å²) in [6, 6.07) is 10.9. The number of methoxy groups -OCH3 is 1. The Kier molecular flexibility index (Phi) is 8.04. The molecule has 1 aromatic heterocycles. The summed E-state index contributed by atoms with van der Waals surface area (Å²) in [5.41, 5.74) is 1.86. The molecule has 1 N–H and O–H groups in total. The molecule has 192 valence electrons. The van der Waals surface area contributed by atoms with Gasteiger partial charge in [0.2, 0.25) is 0 Å². The number of fused-ring (bicyclic) bond motifs is 1. The number of halogens is 1. The molecule has 3 aromatic rings. The van der Waals surface area contributed by atoms with E-state index in [2.05, 4.69) is 10.4 Å². The molecule has 3 amide bonds. The molecule has 1 aliphatic rings. The number of likely N-dealkylation sites (tertiary alicyclic amines) is 1. The molecule has 0 spiro atoms. The molecule has 0 saturated carbocycles. The van der Waals surface area contributed by atoms with Crippen molar-refractivity contribution in [2.24, 2.45) is 5.92 Å². The van der Waals surface area contributed by atoms with Gasteiger partial charge in [-0.1, -0.05) is 19.9 Å². The van der Waals surface area contributed by atoms with Crippen molar-refractivity contribution < 1.29 is 23.5 Å². The quantitative estimate of drug-likeness (QED) is 0.492. The van der Waals surface area contributed by atoms with Gasteiger partial charge in [-0.15, -0.1) is 0 Å². The van der Waals surface area contributed by atoms with Gasteiger partial charge in [-0.3, -0.25) is 4.90 Å². The van der Waals surface area contributed by atoms with Crippen LogP contribution in [0.4, 0.5) is 25.4 Å². The van der Waals surface area contributed by atoms with Crippen molar-refractivity contribution in [3.05, 3.63) is 54.5 Å². The lowest BCUT2D eigenvalue weighted by molar-refractivity contribution is 0.0836. The van der Waals surface area contributed by atoms with Gasteiger partial charge in [0.25, 0.3) is 0 Å². The minimum Gasteiger partial charge on any atom is -0.449 e. The van der Waals surface area contributed by atoms with Gasteiger partial charge in [-0.25, -0.2) is 18.7 Å². The van der Waals surface area contributed by atoms with Crippen molar-refractivity contribution in [2.75, 3.05) is 37.0 Å². The number of aromatic nitrogens is 2. The van der Waals surface area contributed by atoms with E-state index in [0.717, 1.165) is 10.9 Å². The van der Waals surface area contributed by atoms with Crippen molar-refractivity contribution in [3.8, 4) is 0 Å². The van der Waals surface area contributed by atoms with E-state index in [0.29, 0.717) is 43.9 Å². The summed E-state index contributed by atoms with van der Waals surface area (Å²) in [4.78, 5) is 29.2. The van der Waals surface area contributed by atoms with Crippen molar-refractivity contribution in [2.45, 2.75) is 39.5 Å². The summed E-state index contributed by atoms with van der Waals surface area (Å²) in [5.74, 6) is -0.170. The standard InChI is InChI=1S/C26H32FN5O4/c1-18(2)16-36-26(34)30-11-9-22(10-12-30)32(23-6-4-5-20(27)13-23)25(33)29-21-8-7-19-15-28-31(17-35-3)24(19)14-21/h4-8,13-15,18,22H,9-12,16-17H2,1-3H3,(H,29,33). The molecule has 0 aliphatic carbocycles. The monoisotopic (exact) mass is 497 g/mol. The molecule has 0 bridgehead atoms. The fraction of sp³-hybridized carbons (Fsp3) is 0.423. The van der Waals surface area contributed by atoms with Crippen LogP contribution in [0.1, 0.15) is 26.7 Å². The number of nitrogens with zero attached hydrogens (tertiary/aromatic N) is 4. The Hall–Kier alpha value is -3.66. The number of amides is 3. The van der Waals surface area contributed by atoms with Crippen LogP contribution >= 0.6 is 0 Å². The van der Waals surface area contributed by atoms with E-state index in [1.165, 1.54) is 12.1 Å². The summed E-state index contributed by atoms with van der Waals surface area (Å²) in [5, 5.41) is 8.17. The van der Waals surface area contributed by atoms with Gasteiger partial charge in [-0.2, -0.15) is 5.10 Å². The topological polar surface area (TPSA) is 88.9 Å². The molecule has 1 fully saturated rings. The molecule has 4 rings (SSSR count). The third kappa shape index (κ3) is 5.93. The summed E-state index contributed by atoms with van der Waals surface area (Å²) in [7, 11) is 1.59. The molecule has 2 heterocycles. The molecule has 9 nitrogen and oxygen atoms in total. The first-order valence-corrected chi connectivity index (χ1v) is 12.1. The van der Waals surface area contributed by atoms with Crippen molar-refractivity contribution in [1.29, 1.82) is 0 Å². The lowest BCUT2D eigenvalue weighted by Gasteiger charge is -2.38. The van der Waals surface area contributed by atoms with E-state index < -0.39 is 5.82 Å². The normalized spacial score (nSPS) is 14.3. The van der Waals surface area contributed by atoms with Gasteiger partial charge in [0.15, 0.2) is 0 Å². The number of urea groups is 1. The Balaban J connectivity index is 1.52. The highest BCUT2D eigenvalue weighted by atomic mass is 19.1. The van der Waals surface area contributed by atoms with E-state index in [4.69, 9.17) is 9.47 Å². The number of hydrogen-bond donors (Lipinski definition) is 1. The molecule has 36 heavy (non-hydrogen) atoms. The number of ether oxygens (including phenoxy) is 2. The van der Waals surface area contributed by atoms with E-state index in [1.54, 1.807) is 46.0 Å². The van der Waals surface area contributed by atoms with Crippen LogP contribution < -0.4 is 10.2 Å². The number of rotatable bonds is 7. The maximum Gasteiger partial charge on any atom is 0.409 e. The molecule has 1 saturated heterocycles. The maximum absolute atomic E-state index is 14.1. The zero-order chi connectivity index (χ0) is 25.7. The number of carbonyl (C=O) groups is 2. The minimum absolute atomic E-state index is 0.219. The first kappa shape index (κ1) is 25.4. The Bertz CT molecular complexity index is 1210. The van der Waals surface area contributed by atoms with E-state index >= 15 is 0 Å². The number of anilines is 2. The number of nitrogens with one attached hydrogen (secondary N) is 1. The van der Waals surface area contributed by atoms with Crippen LogP contribution in [0.3, 0.4) is 0 Å². The second-order valence-corrected chi connectivity index (χ2v) is 9.30. The first-order valence-electron chi connectivity index (χ1n) is 12.1. The first-order chi connectivity index (χ1) is 17.4. The smallest absolute Gasteiger partial charge is 0.409 e. The van der Waals surface area contributed by atoms with E-state index in [9.17, 15) is 14.0 Å². The van der Waals surface area contributed by atoms with Crippen molar-refractivity contribution >= 4 is 34.4 Å². The molecule has 10 heteroatoms. The van der Waals surface area contributed by atoms with E-state index in [1.807, 2.05) is 26.0 Å². The SMILES string of the molecule is COCn1ncc2ccc(NC(=O)N(c3cccc(F)c3)C3CCN(C(=O)OCC(C)C)CC3)cc21. The summed E-state index contributed by atoms with van der Waals surface area (Å²) in [6.07, 6.45) is 2.48. The summed E-state index contributed by atoms with van der Waals surface area (Å²) < 4.78 is 26.3. The molecule has 0 unspecified atom stereocenters. The van der Waals surface area contributed by atoms with Crippen LogP contribution in [0, 0.1) is 11.7 Å². The lowest BCUT2D eigenvalue weighted by atomic mass is 10.0. The van der Waals surface area contributed by atoms with Gasteiger partial charge in [0.1, 0.15) is 12.5 Å². The zero-order valence-electron chi connectivity index (χ0n) is 20.8. The van der Waals surface area contributed by atoms with Crippen LogP contribution in [-0.4, -0.2) is 59.7 Å². The van der Waals surface area contributed by atoms with E-state index in [-0.39, 0.29) is 30.8 Å². The maximum atomic E-state index is 14.1. The molecular formula is C26H32FN5O4. The lowest BCUT2D eigenvalue weighted by Crippen LogP contribution is -2.50. The number of hydrogen-bond acceptors (Lipinski definition) is 5. The second kappa shape index (κ2) is 11.4. The minimum atomic E-state index is -0.426. The predicted molar refractivity (Wildman–Crippen MR) is 135 cm³/mol. The van der Waals surface area contributed by atoms with Crippen LogP contribution in [0.2, 0.25) is 0 Å². The average molecular weight is 498 g/mol. The highest BCUT2D eigenvalue weighted by molar-refractivity contribution is 6.03. The van der Waals surface area contributed by atoms with Crippen LogP contribution in [0.5, 0.6) is 0 Å². The van der Waals surface area contributed by atoms with Crippen LogP contribution in [-0.2, 0) is 16.2 Å². The Labute approximate surface area is 209 Å². The average Bonchev–Trinajstić information content (AvgIpc) is 3.25. The Morgan fingerprint density at radius 1 is 1.19 bits per heavy atom. The molecule has 0 atom stereocenters. The van der Waals surface area contributed by atoms with Crippen LogP contribution in [0.15, 0.2) is 48.7 Å². The largest absolute Gasteiger partial charge is 0.449 e. The second-order valence-electron chi connectivity index (χ2n) is 9.30. The van der Waals surface area contributed by atoms with Gasteiger partial charge in [0, 0.05) is 43.0 Å². The zero-order valence-corrected chi connectivity index (χ0v) is 20.8. The van der Waals surface area contributed by atoms with Crippen LogP contribution in [0.25, 0.3) is 10.9 Å². The van der Waals surface area contributed by atoms with Crippen molar-refractivity contribution in [3.63, 3.8) is 0 Å². The van der Waals surface area contributed by atoms with Crippen molar-refractivity contribution in [1.82, 2.24) is 14.7 Å². The Morgan fingerprint density at radius 2 is 1.97 bits per heavy atom. The Morgan fingerprint density at radius 3 is 2.67 bits per heavy atom. The number of carbonyl (C=O) groups excluding carboxylic acids is 2. The fourth-order valence-corrected chi connectivity index (χ4v) is 4.31. The number of benzene rings is 2. The van der Waals surface area contributed by atoms with Gasteiger partial charge in [-0.05, 0) is 55.2 Å². The summed E-state index contributed by atoms with van der Waals surface area (Å²) in [6.45, 7) is 5.51. The molecule has 0 radical (unpaired) electrons. The fourth-order valence-electron chi connectivity index (χ4n) is 4.31. The number of piperidine rings is 1. The molecule has 2 aromatic carbocycles. The van der Waals surface area contributed by atoms with Gasteiger partial charge >= 0.3 is 12.1 Å². The predicted octanol–water partition coefficient (Wildman–Crippen LogP) is 5.07.